The molecule has 1 unspecified atom stereocenters. The average molecular weight is 207 g/mol. The molecule has 0 aromatic carbocycles. The second kappa shape index (κ2) is 6.04. The molecule has 0 aromatic heterocycles. The number of halogens is 1. The van der Waals surface area contributed by atoms with Crippen molar-refractivity contribution in [2.75, 3.05) is 5.88 Å². The molecule has 12 heavy (non-hydrogen) atoms. The maximum Gasteiger partial charge on any atom is 0.0445 e. The van der Waals surface area contributed by atoms with Gasteiger partial charge in [-0.25, -0.2) is 0 Å². The SMILES string of the molecule is CCC(CCCCl)C[Si](C)(C)C. The molecule has 2 heteroatoms. The smallest absolute Gasteiger partial charge is 0.0445 e. The van der Waals surface area contributed by atoms with Gasteiger partial charge in [-0.15, -0.1) is 11.6 Å². The second-order valence-corrected chi connectivity index (χ2v) is 10.8. The fourth-order valence-electron chi connectivity index (χ4n) is 1.68. The largest absolute Gasteiger partial charge is 0.127 e. The number of rotatable bonds is 6. The Balaban J connectivity index is 3.67. The highest BCUT2D eigenvalue weighted by atomic mass is 35.5. The molecule has 0 aliphatic carbocycles. The summed E-state index contributed by atoms with van der Waals surface area (Å²) in [6, 6.07) is 1.47. The van der Waals surface area contributed by atoms with Crippen molar-refractivity contribution in [3.8, 4) is 0 Å². The Kier molecular flexibility index (Phi) is 6.29. The molecule has 0 aliphatic rings. The Morgan fingerprint density at radius 3 is 2.17 bits per heavy atom. The summed E-state index contributed by atoms with van der Waals surface area (Å²) >= 11 is 5.69. The quantitative estimate of drug-likeness (QED) is 0.447. The van der Waals surface area contributed by atoms with Gasteiger partial charge in [0.25, 0.3) is 0 Å². The molecule has 0 spiro atoms. The van der Waals surface area contributed by atoms with Gasteiger partial charge in [-0.05, 0) is 18.8 Å². The minimum atomic E-state index is -0.834. The Bertz CT molecular complexity index is 107. The summed E-state index contributed by atoms with van der Waals surface area (Å²) in [5, 5.41) is 0. The van der Waals surface area contributed by atoms with Gasteiger partial charge in [-0.1, -0.05) is 39.0 Å². The highest BCUT2D eigenvalue weighted by molar-refractivity contribution is 6.76. The van der Waals surface area contributed by atoms with Crippen molar-refractivity contribution in [1.29, 1.82) is 0 Å². The summed E-state index contributed by atoms with van der Waals surface area (Å²) in [4.78, 5) is 0. The molecule has 1 atom stereocenters. The fourth-order valence-corrected chi connectivity index (χ4v) is 4.06. The summed E-state index contributed by atoms with van der Waals surface area (Å²) in [5.74, 6) is 1.78. The van der Waals surface area contributed by atoms with E-state index < -0.39 is 8.07 Å². The van der Waals surface area contributed by atoms with Gasteiger partial charge >= 0.3 is 0 Å². The van der Waals surface area contributed by atoms with Crippen molar-refractivity contribution < 1.29 is 0 Å². The maximum absolute atomic E-state index is 5.69. The van der Waals surface area contributed by atoms with Crippen LogP contribution in [0, 0.1) is 5.92 Å². The maximum atomic E-state index is 5.69. The monoisotopic (exact) mass is 206 g/mol. The van der Waals surface area contributed by atoms with Gasteiger partial charge in [-0.3, -0.25) is 0 Å². The van der Waals surface area contributed by atoms with Crippen LogP contribution in [0.15, 0.2) is 0 Å². The molecule has 0 fully saturated rings. The fraction of sp³-hybridized carbons (Fsp3) is 1.00. The number of hydrogen-bond acceptors (Lipinski definition) is 0. The van der Waals surface area contributed by atoms with E-state index in [1.54, 1.807) is 0 Å². The molecule has 0 rings (SSSR count). The summed E-state index contributed by atoms with van der Waals surface area (Å²) in [6.07, 6.45) is 3.87. The molecule has 0 aliphatic heterocycles. The topological polar surface area (TPSA) is 0 Å². The Morgan fingerprint density at radius 1 is 1.25 bits per heavy atom. The van der Waals surface area contributed by atoms with Gasteiger partial charge in [0, 0.05) is 14.0 Å². The molecule has 0 heterocycles. The lowest BCUT2D eigenvalue weighted by Gasteiger charge is -2.23. The van der Waals surface area contributed by atoms with E-state index >= 15 is 0 Å². The third kappa shape index (κ3) is 7.17. The second-order valence-electron chi connectivity index (χ2n) is 4.87. The van der Waals surface area contributed by atoms with Gasteiger partial charge in [0.2, 0.25) is 0 Å². The zero-order valence-corrected chi connectivity index (χ0v) is 10.7. The Morgan fingerprint density at radius 2 is 1.83 bits per heavy atom. The van der Waals surface area contributed by atoms with E-state index in [1.165, 1.54) is 25.3 Å². The van der Waals surface area contributed by atoms with E-state index in [0.717, 1.165) is 11.8 Å². The highest BCUT2D eigenvalue weighted by Crippen LogP contribution is 2.23. The molecular formula is C10H23ClSi. The molecule has 0 amide bonds. The lowest BCUT2D eigenvalue weighted by atomic mass is 10.0. The first-order valence-electron chi connectivity index (χ1n) is 5.05. The van der Waals surface area contributed by atoms with E-state index in [9.17, 15) is 0 Å². The first-order valence-corrected chi connectivity index (χ1v) is 9.29. The predicted octanol–water partition coefficient (Wildman–Crippen LogP) is 4.37. The van der Waals surface area contributed by atoms with Crippen molar-refractivity contribution >= 4 is 19.7 Å². The lowest BCUT2D eigenvalue weighted by Crippen LogP contribution is -2.23. The Hall–Kier alpha value is 0.507. The van der Waals surface area contributed by atoms with Gasteiger partial charge in [0.15, 0.2) is 0 Å². The van der Waals surface area contributed by atoms with E-state index in [2.05, 4.69) is 26.6 Å². The van der Waals surface area contributed by atoms with Gasteiger partial charge in [0.1, 0.15) is 0 Å². The van der Waals surface area contributed by atoms with Crippen LogP contribution in [0.3, 0.4) is 0 Å². The van der Waals surface area contributed by atoms with Crippen LogP contribution in [0.1, 0.15) is 26.2 Å². The number of hydrogen-bond donors (Lipinski definition) is 0. The van der Waals surface area contributed by atoms with E-state index in [-0.39, 0.29) is 0 Å². The third-order valence-corrected chi connectivity index (χ3v) is 4.29. The van der Waals surface area contributed by atoms with E-state index in [0.29, 0.717) is 0 Å². The highest BCUT2D eigenvalue weighted by Gasteiger charge is 2.18. The zero-order valence-electron chi connectivity index (χ0n) is 8.99. The molecule has 74 valence electrons. The average Bonchev–Trinajstić information content (AvgIpc) is 1.95. The van der Waals surface area contributed by atoms with Crippen molar-refractivity contribution in [1.82, 2.24) is 0 Å². The van der Waals surface area contributed by atoms with Crippen LogP contribution < -0.4 is 0 Å². The molecule has 0 N–H and O–H groups in total. The molecule has 0 radical (unpaired) electrons. The van der Waals surface area contributed by atoms with Crippen molar-refractivity contribution in [2.24, 2.45) is 5.92 Å². The van der Waals surface area contributed by atoms with Gasteiger partial charge in [0.05, 0.1) is 0 Å². The van der Waals surface area contributed by atoms with Gasteiger partial charge in [-0.2, -0.15) is 0 Å². The van der Waals surface area contributed by atoms with Crippen molar-refractivity contribution in [3.05, 3.63) is 0 Å². The van der Waals surface area contributed by atoms with E-state index in [4.69, 9.17) is 11.6 Å². The van der Waals surface area contributed by atoms with Crippen LogP contribution >= 0.6 is 11.6 Å². The molecule has 0 aromatic rings. The summed E-state index contributed by atoms with van der Waals surface area (Å²) < 4.78 is 0. The molecule has 0 saturated carbocycles. The van der Waals surface area contributed by atoms with Crippen LogP contribution in [0.5, 0.6) is 0 Å². The third-order valence-electron chi connectivity index (χ3n) is 2.22. The van der Waals surface area contributed by atoms with Crippen molar-refractivity contribution in [3.63, 3.8) is 0 Å². The first kappa shape index (κ1) is 12.5. The summed E-state index contributed by atoms with van der Waals surface area (Å²) in [6.45, 7) is 9.67. The van der Waals surface area contributed by atoms with Crippen LogP contribution in [-0.2, 0) is 0 Å². The lowest BCUT2D eigenvalue weighted by molar-refractivity contribution is 0.504. The van der Waals surface area contributed by atoms with E-state index in [1.807, 2.05) is 0 Å². The molecule has 0 bridgehead atoms. The van der Waals surface area contributed by atoms with Crippen LogP contribution in [-0.4, -0.2) is 14.0 Å². The standard InChI is InChI=1S/C10H23ClSi/c1-5-10(7-6-8-11)9-12(2,3)4/h10H,5-9H2,1-4H3. The van der Waals surface area contributed by atoms with Crippen LogP contribution in [0.2, 0.25) is 25.7 Å². The van der Waals surface area contributed by atoms with Gasteiger partial charge < -0.3 is 0 Å². The van der Waals surface area contributed by atoms with Crippen LogP contribution in [0.4, 0.5) is 0 Å². The minimum Gasteiger partial charge on any atom is -0.127 e. The first-order chi connectivity index (χ1) is 5.49. The van der Waals surface area contributed by atoms with Crippen molar-refractivity contribution in [2.45, 2.75) is 51.9 Å². The molecular weight excluding hydrogens is 184 g/mol. The summed E-state index contributed by atoms with van der Waals surface area (Å²) in [7, 11) is -0.834. The molecule has 0 nitrogen and oxygen atoms in total. The molecule has 0 saturated heterocycles. The summed E-state index contributed by atoms with van der Waals surface area (Å²) in [5.41, 5.74) is 0. The predicted molar refractivity (Wildman–Crippen MR) is 61.9 cm³/mol. The number of alkyl halides is 1. The zero-order chi connectivity index (χ0) is 9.61. The Labute approximate surface area is 83.7 Å². The minimum absolute atomic E-state index is 0.834. The van der Waals surface area contributed by atoms with Crippen LogP contribution in [0.25, 0.3) is 0 Å². The normalized spacial score (nSPS) is 14.8.